The second-order valence-corrected chi connectivity index (χ2v) is 8.83. The Kier molecular flexibility index (Phi) is 7.79. The second kappa shape index (κ2) is 10.5. The maximum atomic E-state index is 12.6. The van der Waals surface area contributed by atoms with Gasteiger partial charge in [-0.05, 0) is 51.7 Å². The van der Waals surface area contributed by atoms with Crippen LogP contribution in [0.3, 0.4) is 0 Å². The van der Waals surface area contributed by atoms with E-state index in [1.54, 1.807) is 11.8 Å². The van der Waals surface area contributed by atoms with Gasteiger partial charge in [0.1, 0.15) is 5.76 Å². The molecule has 7 nitrogen and oxygen atoms in total. The molecule has 1 unspecified atom stereocenters. The molecule has 2 N–H and O–H groups in total. The smallest absolute Gasteiger partial charge is 0.319 e. The van der Waals surface area contributed by atoms with Gasteiger partial charge in [-0.15, -0.1) is 11.8 Å². The number of amides is 3. The predicted octanol–water partition coefficient (Wildman–Crippen LogP) is 3.89. The van der Waals surface area contributed by atoms with E-state index in [0.29, 0.717) is 18.8 Å². The zero-order valence-electron chi connectivity index (χ0n) is 17.9. The van der Waals surface area contributed by atoms with Crippen molar-refractivity contribution in [3.05, 3.63) is 46.8 Å². The Morgan fingerprint density at radius 2 is 2.00 bits per heavy atom. The van der Waals surface area contributed by atoms with Crippen LogP contribution in [-0.2, 0) is 10.5 Å². The highest BCUT2D eigenvalue weighted by Gasteiger charge is 2.24. The number of piperidine rings is 1. The summed E-state index contributed by atoms with van der Waals surface area (Å²) in [6.07, 6.45) is 1.98. The van der Waals surface area contributed by atoms with Crippen molar-refractivity contribution >= 4 is 29.4 Å². The zero-order valence-corrected chi connectivity index (χ0v) is 18.7. The molecule has 30 heavy (non-hydrogen) atoms. The van der Waals surface area contributed by atoms with E-state index in [1.807, 2.05) is 49.9 Å². The summed E-state index contributed by atoms with van der Waals surface area (Å²) in [4.78, 5) is 26.7. The molecule has 1 aliphatic heterocycles. The van der Waals surface area contributed by atoms with E-state index < -0.39 is 0 Å². The van der Waals surface area contributed by atoms with Crippen molar-refractivity contribution in [2.45, 2.75) is 39.4 Å². The maximum absolute atomic E-state index is 12.6. The summed E-state index contributed by atoms with van der Waals surface area (Å²) in [6.45, 7) is 7.87. The third-order valence-electron chi connectivity index (χ3n) is 5.39. The Labute approximate surface area is 181 Å². The minimum atomic E-state index is -0.211. The molecule has 1 aromatic heterocycles. The van der Waals surface area contributed by atoms with Crippen LogP contribution in [0.25, 0.3) is 0 Å². The van der Waals surface area contributed by atoms with Crippen molar-refractivity contribution in [2.75, 3.05) is 30.7 Å². The van der Waals surface area contributed by atoms with Crippen LogP contribution in [0.2, 0.25) is 0 Å². The SMILES string of the molecule is Cc1ccc(NC(=O)NCC2CCCN(C(=O)CSCc3c(C)noc3C)C2)cc1. The number of urea groups is 1. The Morgan fingerprint density at radius 1 is 1.23 bits per heavy atom. The summed E-state index contributed by atoms with van der Waals surface area (Å²) in [6, 6.07) is 7.48. The first kappa shape index (κ1) is 22.2. The van der Waals surface area contributed by atoms with Gasteiger partial charge in [0.25, 0.3) is 0 Å². The van der Waals surface area contributed by atoms with Crippen molar-refractivity contribution in [1.82, 2.24) is 15.4 Å². The first-order valence-corrected chi connectivity index (χ1v) is 11.5. The predicted molar refractivity (Wildman–Crippen MR) is 120 cm³/mol. The highest BCUT2D eigenvalue weighted by Crippen LogP contribution is 2.21. The minimum absolute atomic E-state index is 0.153. The Bertz CT molecular complexity index is 846. The highest BCUT2D eigenvalue weighted by molar-refractivity contribution is 7.99. The number of anilines is 1. The molecule has 8 heteroatoms. The van der Waals surface area contributed by atoms with E-state index in [9.17, 15) is 9.59 Å². The van der Waals surface area contributed by atoms with Crippen molar-refractivity contribution in [2.24, 2.45) is 5.92 Å². The minimum Gasteiger partial charge on any atom is -0.361 e. The third-order valence-corrected chi connectivity index (χ3v) is 6.33. The quantitative estimate of drug-likeness (QED) is 0.696. The lowest BCUT2D eigenvalue weighted by Gasteiger charge is -2.33. The molecule has 1 saturated heterocycles. The molecule has 0 saturated carbocycles. The summed E-state index contributed by atoms with van der Waals surface area (Å²) >= 11 is 1.59. The number of benzene rings is 1. The van der Waals surface area contributed by atoms with E-state index in [2.05, 4.69) is 15.8 Å². The number of rotatable bonds is 7. The lowest BCUT2D eigenvalue weighted by Crippen LogP contribution is -2.45. The Morgan fingerprint density at radius 3 is 2.70 bits per heavy atom. The molecule has 1 fully saturated rings. The van der Waals surface area contributed by atoms with Crippen LogP contribution in [0.4, 0.5) is 10.5 Å². The van der Waals surface area contributed by atoms with Gasteiger partial charge in [-0.2, -0.15) is 0 Å². The van der Waals surface area contributed by atoms with Crippen LogP contribution in [0.15, 0.2) is 28.8 Å². The average Bonchev–Trinajstić information content (AvgIpc) is 3.06. The molecule has 3 amide bonds. The first-order chi connectivity index (χ1) is 14.4. The number of nitrogens with one attached hydrogen (secondary N) is 2. The molecule has 0 spiro atoms. The lowest BCUT2D eigenvalue weighted by atomic mass is 9.98. The van der Waals surface area contributed by atoms with Gasteiger partial charge < -0.3 is 20.1 Å². The molecule has 2 heterocycles. The van der Waals surface area contributed by atoms with E-state index in [-0.39, 0.29) is 17.9 Å². The number of nitrogens with zero attached hydrogens (tertiary/aromatic N) is 2. The zero-order chi connectivity index (χ0) is 21.5. The molecule has 3 rings (SSSR count). The summed E-state index contributed by atoms with van der Waals surface area (Å²) in [5.41, 5.74) is 3.89. The number of likely N-dealkylation sites (tertiary alicyclic amines) is 1. The second-order valence-electron chi connectivity index (χ2n) is 7.84. The molecule has 162 valence electrons. The van der Waals surface area contributed by atoms with Crippen LogP contribution in [0, 0.1) is 26.7 Å². The lowest BCUT2D eigenvalue weighted by molar-refractivity contribution is -0.130. The van der Waals surface area contributed by atoms with Crippen molar-refractivity contribution in [3.63, 3.8) is 0 Å². The van der Waals surface area contributed by atoms with Gasteiger partial charge in [0, 0.05) is 36.6 Å². The monoisotopic (exact) mass is 430 g/mol. The van der Waals surface area contributed by atoms with E-state index in [0.717, 1.165) is 53.4 Å². The fraction of sp³-hybridized carbons (Fsp3) is 0.500. The van der Waals surface area contributed by atoms with Crippen LogP contribution in [0.5, 0.6) is 0 Å². The summed E-state index contributed by atoms with van der Waals surface area (Å²) < 4.78 is 5.17. The van der Waals surface area contributed by atoms with Gasteiger partial charge in [0.15, 0.2) is 0 Å². The molecule has 0 radical (unpaired) electrons. The maximum Gasteiger partial charge on any atom is 0.319 e. The molecule has 2 aromatic rings. The van der Waals surface area contributed by atoms with Gasteiger partial charge >= 0.3 is 6.03 Å². The van der Waals surface area contributed by atoms with E-state index in [4.69, 9.17) is 4.52 Å². The average molecular weight is 431 g/mol. The fourth-order valence-corrected chi connectivity index (χ4v) is 4.62. The first-order valence-electron chi connectivity index (χ1n) is 10.3. The topological polar surface area (TPSA) is 87.5 Å². The van der Waals surface area contributed by atoms with Crippen LogP contribution in [0.1, 0.15) is 35.4 Å². The van der Waals surface area contributed by atoms with Crippen LogP contribution < -0.4 is 10.6 Å². The molecule has 0 aliphatic carbocycles. The fourth-order valence-electron chi connectivity index (χ4n) is 3.55. The highest BCUT2D eigenvalue weighted by atomic mass is 32.2. The molecule has 1 aromatic carbocycles. The summed E-state index contributed by atoms with van der Waals surface area (Å²) in [5, 5.41) is 9.74. The summed E-state index contributed by atoms with van der Waals surface area (Å²) in [5.74, 6) is 2.42. The molecule has 1 atom stereocenters. The van der Waals surface area contributed by atoms with Crippen LogP contribution in [-0.4, -0.2) is 47.4 Å². The number of hydrogen-bond donors (Lipinski definition) is 2. The van der Waals surface area contributed by atoms with Gasteiger partial charge in [-0.1, -0.05) is 22.9 Å². The largest absolute Gasteiger partial charge is 0.361 e. The van der Waals surface area contributed by atoms with Gasteiger partial charge in [-0.3, -0.25) is 4.79 Å². The number of thioether (sulfide) groups is 1. The van der Waals surface area contributed by atoms with Crippen molar-refractivity contribution < 1.29 is 14.1 Å². The van der Waals surface area contributed by atoms with Crippen molar-refractivity contribution in [1.29, 1.82) is 0 Å². The number of aromatic nitrogens is 1. The number of carbonyl (C=O) groups excluding carboxylic acids is 2. The normalized spacial score (nSPS) is 16.4. The number of carbonyl (C=O) groups is 2. The van der Waals surface area contributed by atoms with E-state index >= 15 is 0 Å². The van der Waals surface area contributed by atoms with Gasteiger partial charge in [0.2, 0.25) is 5.91 Å². The van der Waals surface area contributed by atoms with Gasteiger partial charge in [-0.25, -0.2) is 4.79 Å². The standard InChI is InChI=1S/C22H30N4O3S/c1-15-6-8-19(9-7-15)24-22(28)23-11-18-5-4-10-26(12-18)21(27)14-30-13-20-16(2)25-29-17(20)3/h6-9,18H,4-5,10-14H2,1-3H3,(H2,23,24,28). The Hall–Kier alpha value is -2.48. The van der Waals surface area contributed by atoms with E-state index in [1.165, 1.54) is 0 Å². The third kappa shape index (κ3) is 6.26. The number of hydrogen-bond acceptors (Lipinski definition) is 5. The molecular weight excluding hydrogens is 400 g/mol. The van der Waals surface area contributed by atoms with Crippen molar-refractivity contribution in [3.8, 4) is 0 Å². The molecule has 0 bridgehead atoms. The molecule has 1 aliphatic rings. The summed E-state index contributed by atoms with van der Waals surface area (Å²) in [7, 11) is 0. The molecular formula is C22H30N4O3S. The Balaban J connectivity index is 1.39. The number of aryl methyl sites for hydroxylation is 3. The van der Waals surface area contributed by atoms with Crippen LogP contribution >= 0.6 is 11.8 Å². The van der Waals surface area contributed by atoms with Gasteiger partial charge in [0.05, 0.1) is 11.4 Å².